The predicted octanol–water partition coefficient (Wildman–Crippen LogP) is 2.13. The third-order valence-corrected chi connectivity index (χ3v) is 5.29. The zero-order valence-electron chi connectivity index (χ0n) is 14.2. The maximum atomic E-state index is 10.0. The number of rotatable bonds is 4. The molecule has 1 aromatic carbocycles. The second-order valence-electron chi connectivity index (χ2n) is 6.63. The molecule has 1 aliphatic rings. The molecule has 2 atom stereocenters. The summed E-state index contributed by atoms with van der Waals surface area (Å²) in [6.07, 6.45) is 3.80. The Morgan fingerprint density at radius 3 is 2.85 bits per heavy atom. The quantitative estimate of drug-likeness (QED) is 0.603. The van der Waals surface area contributed by atoms with E-state index in [9.17, 15) is 5.11 Å². The largest absolute Gasteiger partial charge is 0.390 e. The number of benzene rings is 1. The van der Waals surface area contributed by atoms with Crippen LogP contribution in [-0.4, -0.2) is 49.8 Å². The van der Waals surface area contributed by atoms with Crippen LogP contribution in [0, 0.1) is 0 Å². The Bertz CT molecular complexity index is 896. The van der Waals surface area contributed by atoms with E-state index in [-0.39, 0.29) is 6.04 Å². The zero-order valence-corrected chi connectivity index (χ0v) is 15.8. The van der Waals surface area contributed by atoms with Crippen LogP contribution in [0.25, 0.3) is 5.52 Å². The Balaban J connectivity index is 1.61. The van der Waals surface area contributed by atoms with Crippen molar-refractivity contribution in [2.45, 2.75) is 25.1 Å². The number of nitrogens with one attached hydrogen (secondary N) is 1. The average molecular weight is 417 g/mol. The summed E-state index contributed by atoms with van der Waals surface area (Å²) in [7, 11) is 0. The summed E-state index contributed by atoms with van der Waals surface area (Å²) < 4.78 is 2.86. The van der Waals surface area contributed by atoms with Gasteiger partial charge in [0, 0.05) is 42.0 Å². The van der Waals surface area contributed by atoms with Gasteiger partial charge in [-0.3, -0.25) is 4.90 Å². The zero-order chi connectivity index (χ0) is 18.1. The van der Waals surface area contributed by atoms with Crippen molar-refractivity contribution in [2.75, 3.05) is 18.4 Å². The molecule has 7 nitrogen and oxygen atoms in total. The van der Waals surface area contributed by atoms with Crippen molar-refractivity contribution < 1.29 is 5.11 Å². The molecule has 0 spiro atoms. The number of hydrogen-bond donors (Lipinski definition) is 3. The van der Waals surface area contributed by atoms with Crippen molar-refractivity contribution in [2.24, 2.45) is 5.73 Å². The monoisotopic (exact) mass is 416 g/mol. The smallest absolute Gasteiger partial charge is 0.158 e. The van der Waals surface area contributed by atoms with Crippen molar-refractivity contribution in [3.05, 3.63) is 52.9 Å². The van der Waals surface area contributed by atoms with Gasteiger partial charge in [0.05, 0.1) is 6.10 Å². The Morgan fingerprint density at radius 2 is 2.08 bits per heavy atom. The van der Waals surface area contributed by atoms with Gasteiger partial charge in [-0.05, 0) is 42.3 Å². The Labute approximate surface area is 160 Å². The number of fused-ring (bicyclic) bond motifs is 1. The molecule has 0 aliphatic carbocycles. The second-order valence-corrected chi connectivity index (χ2v) is 7.55. The molecule has 0 saturated carbocycles. The van der Waals surface area contributed by atoms with Crippen molar-refractivity contribution in [3.63, 3.8) is 0 Å². The molecular weight excluding hydrogens is 396 g/mol. The van der Waals surface area contributed by atoms with Crippen LogP contribution in [0.2, 0.25) is 0 Å². The third kappa shape index (κ3) is 3.59. The highest BCUT2D eigenvalue weighted by Gasteiger charge is 2.25. The molecule has 1 fully saturated rings. The van der Waals surface area contributed by atoms with Crippen LogP contribution < -0.4 is 11.1 Å². The van der Waals surface area contributed by atoms with E-state index in [1.807, 2.05) is 35.0 Å². The summed E-state index contributed by atoms with van der Waals surface area (Å²) in [5.74, 6) is 0.761. The molecule has 8 heteroatoms. The molecule has 1 saturated heterocycles. The van der Waals surface area contributed by atoms with Crippen LogP contribution in [0.1, 0.15) is 12.0 Å². The summed E-state index contributed by atoms with van der Waals surface area (Å²) in [5.41, 5.74) is 8.93. The predicted molar refractivity (Wildman–Crippen MR) is 104 cm³/mol. The van der Waals surface area contributed by atoms with Gasteiger partial charge in [-0.15, -0.1) is 0 Å². The number of aromatic nitrogens is 3. The first-order valence-corrected chi connectivity index (χ1v) is 9.39. The number of β-amino-alcohol motifs (C(OH)–C–C–N with tert-alkyl or cyclic N) is 1. The van der Waals surface area contributed by atoms with Gasteiger partial charge in [-0.25, -0.2) is 9.50 Å². The number of likely N-dealkylation sites (tertiary alicyclic amines) is 1. The van der Waals surface area contributed by atoms with Gasteiger partial charge in [-0.2, -0.15) is 5.10 Å². The summed E-state index contributed by atoms with van der Waals surface area (Å²) in [5, 5.41) is 17.7. The molecule has 0 bridgehead atoms. The van der Waals surface area contributed by atoms with Gasteiger partial charge in [0.1, 0.15) is 11.8 Å². The summed E-state index contributed by atoms with van der Waals surface area (Å²) in [4.78, 5) is 6.66. The molecule has 0 unspecified atom stereocenters. The highest BCUT2D eigenvalue weighted by atomic mass is 79.9. The maximum absolute atomic E-state index is 10.0. The normalized spacial score (nSPS) is 21.2. The number of aliphatic hydroxyl groups is 1. The lowest BCUT2D eigenvalue weighted by atomic mass is 10.0. The first-order chi connectivity index (χ1) is 12.6. The van der Waals surface area contributed by atoms with Gasteiger partial charge in [0.2, 0.25) is 0 Å². The van der Waals surface area contributed by atoms with Gasteiger partial charge in [0.25, 0.3) is 0 Å². The standard InChI is InChI=1S/C18H21BrN6O/c19-13-1-3-14(4-2-13)23-18-17-12(5-8-25(17)22-11-21-18)9-24-7-6-15(20)16(26)10-24/h1-5,8,11,15-16,26H,6-7,9-10,20H2,(H,21,22,23)/t15-,16-/m1/s1. The van der Waals surface area contributed by atoms with E-state index >= 15 is 0 Å². The van der Waals surface area contributed by atoms with Crippen molar-refractivity contribution in [3.8, 4) is 0 Å². The molecular formula is C18H21BrN6O. The molecule has 26 heavy (non-hydrogen) atoms. The first kappa shape index (κ1) is 17.4. The SMILES string of the molecule is N[C@@H]1CCN(Cc2ccn3ncnc(Nc4ccc(Br)cc4)c23)C[C@H]1O. The fraction of sp³-hybridized carbons (Fsp3) is 0.333. The van der Waals surface area contributed by atoms with E-state index in [1.54, 1.807) is 6.33 Å². The average Bonchev–Trinajstić information content (AvgIpc) is 3.04. The lowest BCUT2D eigenvalue weighted by Crippen LogP contribution is -2.50. The number of halogens is 1. The Hall–Kier alpha value is -2.00. The highest BCUT2D eigenvalue weighted by Crippen LogP contribution is 2.25. The minimum Gasteiger partial charge on any atom is -0.390 e. The van der Waals surface area contributed by atoms with Crippen LogP contribution in [0.4, 0.5) is 11.5 Å². The van der Waals surface area contributed by atoms with E-state index < -0.39 is 6.10 Å². The minimum atomic E-state index is -0.478. The molecule has 2 aromatic heterocycles. The molecule has 4 rings (SSSR count). The van der Waals surface area contributed by atoms with E-state index in [4.69, 9.17) is 5.73 Å². The van der Waals surface area contributed by atoms with Crippen molar-refractivity contribution in [1.82, 2.24) is 19.5 Å². The number of nitrogens with two attached hydrogens (primary N) is 1. The van der Waals surface area contributed by atoms with Crippen LogP contribution in [0.15, 0.2) is 47.3 Å². The first-order valence-electron chi connectivity index (χ1n) is 8.60. The highest BCUT2D eigenvalue weighted by molar-refractivity contribution is 9.10. The van der Waals surface area contributed by atoms with Gasteiger partial charge < -0.3 is 16.2 Å². The van der Waals surface area contributed by atoms with Gasteiger partial charge in [0.15, 0.2) is 5.82 Å². The number of hydrogen-bond acceptors (Lipinski definition) is 6. The van der Waals surface area contributed by atoms with E-state index in [0.717, 1.165) is 46.6 Å². The van der Waals surface area contributed by atoms with Crippen LogP contribution in [-0.2, 0) is 6.54 Å². The summed E-state index contributed by atoms with van der Waals surface area (Å²) in [6.45, 7) is 2.18. The van der Waals surface area contributed by atoms with Crippen molar-refractivity contribution in [1.29, 1.82) is 0 Å². The number of nitrogens with zero attached hydrogens (tertiary/aromatic N) is 4. The van der Waals surface area contributed by atoms with E-state index in [2.05, 4.69) is 42.3 Å². The molecule has 1 aliphatic heterocycles. The van der Waals surface area contributed by atoms with E-state index in [0.29, 0.717) is 6.54 Å². The molecule has 0 amide bonds. The van der Waals surface area contributed by atoms with Crippen LogP contribution in [0.3, 0.4) is 0 Å². The second kappa shape index (κ2) is 7.32. The Kier molecular flexibility index (Phi) is 4.90. The lowest BCUT2D eigenvalue weighted by molar-refractivity contribution is 0.0501. The number of piperidine rings is 1. The van der Waals surface area contributed by atoms with Crippen LogP contribution >= 0.6 is 15.9 Å². The third-order valence-electron chi connectivity index (χ3n) is 4.76. The summed E-state index contributed by atoms with van der Waals surface area (Å²) in [6, 6.07) is 9.88. The fourth-order valence-electron chi connectivity index (χ4n) is 3.31. The fourth-order valence-corrected chi connectivity index (χ4v) is 3.57. The molecule has 0 radical (unpaired) electrons. The van der Waals surface area contributed by atoms with Gasteiger partial charge in [-0.1, -0.05) is 15.9 Å². The number of anilines is 2. The summed E-state index contributed by atoms with van der Waals surface area (Å²) >= 11 is 3.45. The van der Waals surface area contributed by atoms with Crippen molar-refractivity contribution >= 4 is 33.0 Å². The minimum absolute atomic E-state index is 0.130. The van der Waals surface area contributed by atoms with Crippen LogP contribution in [0.5, 0.6) is 0 Å². The maximum Gasteiger partial charge on any atom is 0.158 e. The Morgan fingerprint density at radius 1 is 1.27 bits per heavy atom. The lowest BCUT2D eigenvalue weighted by Gasteiger charge is -2.33. The molecule has 136 valence electrons. The molecule has 3 heterocycles. The molecule has 4 N–H and O–H groups in total. The molecule has 3 aromatic rings. The van der Waals surface area contributed by atoms with Gasteiger partial charge >= 0.3 is 0 Å². The van der Waals surface area contributed by atoms with E-state index in [1.165, 1.54) is 0 Å². The number of aliphatic hydroxyl groups excluding tert-OH is 1. The topological polar surface area (TPSA) is 91.7 Å².